The summed E-state index contributed by atoms with van der Waals surface area (Å²) < 4.78 is 10.6. The molecule has 0 saturated heterocycles. The Hall–Kier alpha value is -2.24. The third-order valence-electron chi connectivity index (χ3n) is 2.69. The van der Waals surface area contributed by atoms with E-state index in [-0.39, 0.29) is 5.91 Å². The van der Waals surface area contributed by atoms with Gasteiger partial charge in [0.2, 0.25) is 5.91 Å². The van der Waals surface area contributed by atoms with Gasteiger partial charge in [0, 0.05) is 13.0 Å². The highest BCUT2D eigenvalue weighted by atomic mass is 16.6. The molecule has 0 atom stereocenters. The van der Waals surface area contributed by atoms with Crippen LogP contribution >= 0.6 is 0 Å². The molecule has 0 heterocycles. The molecule has 1 aromatic rings. The largest absolute Gasteiger partial charge is 0.492 e. The molecule has 2 N–H and O–H groups in total. The highest BCUT2D eigenvalue weighted by Gasteiger charge is 2.15. The predicted molar refractivity (Wildman–Crippen MR) is 88.4 cm³/mol. The second kappa shape index (κ2) is 9.71. The van der Waals surface area contributed by atoms with Gasteiger partial charge < -0.3 is 20.1 Å². The second-order valence-corrected chi connectivity index (χ2v) is 6.04. The maximum atomic E-state index is 11.6. The van der Waals surface area contributed by atoms with Crippen molar-refractivity contribution in [2.24, 2.45) is 0 Å². The van der Waals surface area contributed by atoms with E-state index in [1.807, 2.05) is 30.3 Å². The topological polar surface area (TPSA) is 76.7 Å². The third-order valence-corrected chi connectivity index (χ3v) is 2.69. The molecule has 128 valence electrons. The minimum atomic E-state index is -0.514. The summed E-state index contributed by atoms with van der Waals surface area (Å²) in [5, 5.41) is 5.39. The lowest BCUT2D eigenvalue weighted by atomic mass is 10.2. The summed E-state index contributed by atoms with van der Waals surface area (Å²) in [6, 6.07) is 9.44. The average Bonchev–Trinajstić information content (AvgIpc) is 2.47. The van der Waals surface area contributed by atoms with E-state index >= 15 is 0 Å². The van der Waals surface area contributed by atoms with Gasteiger partial charge in [-0.2, -0.15) is 0 Å². The SMILES string of the molecule is CC(C)(C)OC(=O)NCCCC(=O)NCCOc1ccccc1. The van der Waals surface area contributed by atoms with Gasteiger partial charge in [-0.1, -0.05) is 18.2 Å². The van der Waals surface area contributed by atoms with E-state index < -0.39 is 11.7 Å². The third kappa shape index (κ3) is 10.2. The molecule has 0 aliphatic rings. The number of rotatable bonds is 8. The zero-order valence-corrected chi connectivity index (χ0v) is 14.1. The molecule has 1 aromatic carbocycles. The minimum Gasteiger partial charge on any atom is -0.492 e. The first-order chi connectivity index (χ1) is 10.9. The van der Waals surface area contributed by atoms with E-state index in [4.69, 9.17) is 9.47 Å². The van der Waals surface area contributed by atoms with Crippen molar-refractivity contribution in [3.63, 3.8) is 0 Å². The quantitative estimate of drug-likeness (QED) is 0.721. The zero-order valence-electron chi connectivity index (χ0n) is 14.1. The van der Waals surface area contributed by atoms with Gasteiger partial charge in [0.05, 0.1) is 6.54 Å². The van der Waals surface area contributed by atoms with E-state index in [9.17, 15) is 9.59 Å². The first-order valence-corrected chi connectivity index (χ1v) is 7.78. The Morgan fingerprint density at radius 2 is 1.74 bits per heavy atom. The van der Waals surface area contributed by atoms with Crippen LogP contribution in [0.2, 0.25) is 0 Å². The van der Waals surface area contributed by atoms with Crippen LogP contribution in [0, 0.1) is 0 Å². The first-order valence-electron chi connectivity index (χ1n) is 7.78. The Bertz CT molecular complexity index is 483. The van der Waals surface area contributed by atoms with Crippen molar-refractivity contribution in [1.82, 2.24) is 10.6 Å². The Morgan fingerprint density at radius 1 is 1.04 bits per heavy atom. The Kier molecular flexibility index (Phi) is 7.94. The van der Waals surface area contributed by atoms with Gasteiger partial charge in [0.25, 0.3) is 0 Å². The lowest BCUT2D eigenvalue weighted by molar-refractivity contribution is -0.121. The van der Waals surface area contributed by atoms with Crippen LogP contribution in [0.25, 0.3) is 0 Å². The van der Waals surface area contributed by atoms with Gasteiger partial charge in [-0.3, -0.25) is 4.79 Å². The molecule has 0 bridgehead atoms. The molecular weight excluding hydrogens is 296 g/mol. The molecule has 0 aliphatic heterocycles. The lowest BCUT2D eigenvalue weighted by Gasteiger charge is -2.19. The fourth-order valence-corrected chi connectivity index (χ4v) is 1.72. The van der Waals surface area contributed by atoms with Crippen LogP contribution in [0.1, 0.15) is 33.6 Å². The van der Waals surface area contributed by atoms with Gasteiger partial charge in [-0.05, 0) is 39.3 Å². The summed E-state index contributed by atoms with van der Waals surface area (Å²) >= 11 is 0. The van der Waals surface area contributed by atoms with Crippen molar-refractivity contribution >= 4 is 12.0 Å². The molecular formula is C17H26N2O4. The monoisotopic (exact) mass is 322 g/mol. The molecule has 0 aromatic heterocycles. The summed E-state index contributed by atoms with van der Waals surface area (Å²) in [6.07, 6.45) is 0.445. The number of carbonyl (C=O) groups excluding carboxylic acids is 2. The lowest BCUT2D eigenvalue weighted by Crippen LogP contribution is -2.33. The number of hydrogen-bond acceptors (Lipinski definition) is 4. The van der Waals surface area contributed by atoms with Crippen molar-refractivity contribution in [3.05, 3.63) is 30.3 Å². The van der Waals surface area contributed by atoms with E-state index in [2.05, 4.69) is 10.6 Å². The zero-order chi connectivity index (χ0) is 17.1. The number of amides is 2. The standard InChI is InChI=1S/C17H26N2O4/c1-17(2,3)23-16(21)19-11-7-10-15(20)18-12-13-22-14-8-5-4-6-9-14/h4-6,8-9H,7,10-13H2,1-3H3,(H,18,20)(H,19,21). The van der Waals surface area contributed by atoms with Crippen molar-refractivity contribution in [2.45, 2.75) is 39.2 Å². The molecule has 0 radical (unpaired) electrons. The number of ether oxygens (including phenoxy) is 2. The Labute approximate surface area is 137 Å². The maximum absolute atomic E-state index is 11.6. The van der Waals surface area contributed by atoms with E-state index in [0.29, 0.717) is 32.5 Å². The molecule has 1 rings (SSSR count). The van der Waals surface area contributed by atoms with Gasteiger partial charge >= 0.3 is 6.09 Å². The fourth-order valence-electron chi connectivity index (χ4n) is 1.72. The number of carbonyl (C=O) groups is 2. The van der Waals surface area contributed by atoms with Crippen molar-refractivity contribution < 1.29 is 19.1 Å². The second-order valence-electron chi connectivity index (χ2n) is 6.04. The summed E-state index contributed by atoms with van der Waals surface area (Å²) in [5.74, 6) is 0.718. The number of nitrogens with one attached hydrogen (secondary N) is 2. The molecule has 2 amide bonds. The maximum Gasteiger partial charge on any atom is 0.407 e. The highest BCUT2D eigenvalue weighted by molar-refractivity contribution is 5.75. The van der Waals surface area contributed by atoms with Crippen LogP contribution < -0.4 is 15.4 Å². The van der Waals surface area contributed by atoms with Crippen LogP contribution in [0.3, 0.4) is 0 Å². The molecule has 0 spiro atoms. The minimum absolute atomic E-state index is 0.0624. The van der Waals surface area contributed by atoms with Crippen LogP contribution in [0.15, 0.2) is 30.3 Å². The van der Waals surface area contributed by atoms with Crippen molar-refractivity contribution in [1.29, 1.82) is 0 Å². The summed E-state index contributed by atoms with van der Waals surface area (Å²) in [6.45, 7) is 6.69. The Balaban J connectivity index is 2.01. The fraction of sp³-hybridized carbons (Fsp3) is 0.529. The molecule has 0 aliphatic carbocycles. The van der Waals surface area contributed by atoms with Gasteiger partial charge in [0.1, 0.15) is 18.0 Å². The molecule has 0 fully saturated rings. The molecule has 6 heteroatoms. The number of para-hydroxylation sites is 1. The predicted octanol–water partition coefficient (Wildman–Crippen LogP) is 2.49. The van der Waals surface area contributed by atoms with E-state index in [1.165, 1.54) is 0 Å². The van der Waals surface area contributed by atoms with Gasteiger partial charge in [-0.15, -0.1) is 0 Å². The van der Waals surface area contributed by atoms with Crippen LogP contribution in [-0.2, 0) is 9.53 Å². The average molecular weight is 322 g/mol. The molecule has 0 saturated carbocycles. The Morgan fingerprint density at radius 3 is 2.39 bits per heavy atom. The summed E-state index contributed by atoms with van der Waals surface area (Å²) in [7, 11) is 0. The van der Waals surface area contributed by atoms with Gasteiger partial charge in [-0.25, -0.2) is 4.79 Å². The number of hydrogen-bond donors (Lipinski definition) is 2. The van der Waals surface area contributed by atoms with Crippen LogP contribution in [0.5, 0.6) is 5.75 Å². The summed E-state index contributed by atoms with van der Waals surface area (Å²) in [4.78, 5) is 23.0. The molecule has 6 nitrogen and oxygen atoms in total. The van der Waals surface area contributed by atoms with E-state index in [0.717, 1.165) is 5.75 Å². The molecule has 0 unspecified atom stereocenters. The number of benzene rings is 1. The van der Waals surface area contributed by atoms with Crippen molar-refractivity contribution in [3.8, 4) is 5.75 Å². The highest BCUT2D eigenvalue weighted by Crippen LogP contribution is 2.07. The van der Waals surface area contributed by atoms with Crippen molar-refractivity contribution in [2.75, 3.05) is 19.7 Å². The molecule has 23 heavy (non-hydrogen) atoms. The van der Waals surface area contributed by atoms with Crippen LogP contribution in [0.4, 0.5) is 4.79 Å². The summed E-state index contributed by atoms with van der Waals surface area (Å²) in [5.41, 5.74) is -0.514. The first kappa shape index (κ1) is 18.8. The van der Waals surface area contributed by atoms with E-state index in [1.54, 1.807) is 20.8 Å². The number of alkyl carbamates (subject to hydrolysis) is 1. The van der Waals surface area contributed by atoms with Gasteiger partial charge in [0.15, 0.2) is 0 Å². The van der Waals surface area contributed by atoms with Crippen LogP contribution in [-0.4, -0.2) is 37.3 Å². The normalized spacial score (nSPS) is 10.7. The smallest absolute Gasteiger partial charge is 0.407 e.